The van der Waals surface area contributed by atoms with E-state index in [4.69, 9.17) is 16.3 Å². The summed E-state index contributed by atoms with van der Waals surface area (Å²) in [6.07, 6.45) is -3.89. The minimum atomic E-state index is -4.86. The Bertz CT molecular complexity index is 1120. The Hall–Kier alpha value is -3.34. The maximum atomic E-state index is 13.7. The van der Waals surface area contributed by atoms with Crippen molar-refractivity contribution < 1.29 is 36.2 Å². The van der Waals surface area contributed by atoms with E-state index in [0.29, 0.717) is 15.3 Å². The fourth-order valence-corrected chi connectivity index (χ4v) is 3.17. The molecular weight excluding hydrogens is 473 g/mol. The first-order valence-corrected chi connectivity index (χ1v) is 9.79. The van der Waals surface area contributed by atoms with Crippen LogP contribution in [0.4, 0.5) is 22.0 Å². The molecule has 0 radical (unpaired) electrons. The molecule has 0 unspecified atom stereocenters. The number of aromatic nitrogens is 2. The average Bonchev–Trinajstić information content (AvgIpc) is 3.20. The second-order valence-corrected chi connectivity index (χ2v) is 7.10. The van der Waals surface area contributed by atoms with Gasteiger partial charge in [0.25, 0.3) is 5.91 Å². The summed E-state index contributed by atoms with van der Waals surface area (Å²) in [5.41, 5.74) is -1.32. The molecule has 0 bridgehead atoms. The van der Waals surface area contributed by atoms with Crippen molar-refractivity contribution in [1.82, 2.24) is 15.1 Å². The third-order valence-electron chi connectivity index (χ3n) is 4.50. The molecule has 6 nitrogen and oxygen atoms in total. The van der Waals surface area contributed by atoms with Gasteiger partial charge in [-0.3, -0.25) is 4.79 Å². The molecule has 2 aromatic carbocycles. The van der Waals surface area contributed by atoms with Crippen molar-refractivity contribution in [2.75, 3.05) is 13.7 Å². The lowest BCUT2D eigenvalue weighted by atomic mass is 10.1. The van der Waals surface area contributed by atoms with Gasteiger partial charge in [0.1, 0.15) is 0 Å². The molecule has 1 N–H and O–H groups in total. The number of hydrogen-bond donors (Lipinski definition) is 1. The lowest BCUT2D eigenvalue weighted by molar-refractivity contribution is -0.143. The molecule has 12 heteroatoms. The second-order valence-electron chi connectivity index (χ2n) is 6.66. The summed E-state index contributed by atoms with van der Waals surface area (Å²) < 4.78 is 76.2. The molecule has 1 heterocycles. The van der Waals surface area contributed by atoms with Crippen LogP contribution in [0.5, 0.6) is 11.5 Å². The van der Waals surface area contributed by atoms with Crippen molar-refractivity contribution in [1.29, 1.82) is 0 Å². The Kier molecular flexibility index (Phi) is 7.42. The van der Waals surface area contributed by atoms with Crippen molar-refractivity contribution >= 4 is 17.5 Å². The molecule has 3 rings (SSSR count). The van der Waals surface area contributed by atoms with Gasteiger partial charge in [0.2, 0.25) is 0 Å². The van der Waals surface area contributed by atoms with Crippen molar-refractivity contribution in [2.45, 2.75) is 19.2 Å². The van der Waals surface area contributed by atoms with Gasteiger partial charge in [0, 0.05) is 11.6 Å². The van der Waals surface area contributed by atoms with Crippen LogP contribution in [0, 0.1) is 0 Å². The zero-order valence-corrected chi connectivity index (χ0v) is 17.8. The van der Waals surface area contributed by atoms with Crippen LogP contribution < -0.4 is 14.8 Å². The van der Waals surface area contributed by atoms with Crippen LogP contribution in [0.2, 0.25) is 5.02 Å². The Balaban J connectivity index is 1.75. The first-order chi connectivity index (χ1) is 15.6. The summed E-state index contributed by atoms with van der Waals surface area (Å²) in [5.74, 6) is -1.09. The van der Waals surface area contributed by atoms with Gasteiger partial charge >= 0.3 is 12.8 Å². The van der Waals surface area contributed by atoms with Crippen LogP contribution in [0.15, 0.2) is 48.7 Å². The molecule has 0 fully saturated rings. The fourth-order valence-electron chi connectivity index (χ4n) is 3.05. The standard InChI is InChI=1S/C21H17ClF5N3O3/c1-32-16-7-2-12(10-17(16)33-20(23)24)8-9-28-19(31)15-11-29-30(18(15)21(25,26)27)14-5-3-13(22)4-6-14/h2-7,10-11,20H,8-9H2,1H3,(H,28,31). The zero-order chi connectivity index (χ0) is 24.2. The quantitative estimate of drug-likeness (QED) is 0.446. The lowest BCUT2D eigenvalue weighted by Crippen LogP contribution is -2.28. The van der Waals surface area contributed by atoms with Crippen LogP contribution in [-0.2, 0) is 12.6 Å². The summed E-state index contributed by atoms with van der Waals surface area (Å²) in [4.78, 5) is 12.5. The Morgan fingerprint density at radius 2 is 1.85 bits per heavy atom. The normalized spacial score (nSPS) is 11.5. The number of amides is 1. The van der Waals surface area contributed by atoms with Gasteiger partial charge in [-0.15, -0.1) is 0 Å². The molecule has 1 amide bonds. The summed E-state index contributed by atoms with van der Waals surface area (Å²) in [6, 6.07) is 9.76. The van der Waals surface area contributed by atoms with Gasteiger partial charge in [-0.2, -0.15) is 27.1 Å². The van der Waals surface area contributed by atoms with Crippen molar-refractivity contribution in [2.24, 2.45) is 0 Å². The number of ether oxygens (including phenoxy) is 2. The molecule has 33 heavy (non-hydrogen) atoms. The fraction of sp³-hybridized carbons (Fsp3) is 0.238. The minimum Gasteiger partial charge on any atom is -0.493 e. The van der Waals surface area contributed by atoms with Crippen molar-refractivity contribution in [3.63, 3.8) is 0 Å². The van der Waals surface area contributed by atoms with E-state index in [0.717, 1.165) is 6.20 Å². The molecular formula is C21H17ClF5N3O3. The van der Waals surface area contributed by atoms with E-state index in [1.165, 1.54) is 43.5 Å². The van der Waals surface area contributed by atoms with Crippen LogP contribution in [-0.4, -0.2) is 36.0 Å². The van der Waals surface area contributed by atoms with Gasteiger partial charge < -0.3 is 14.8 Å². The van der Waals surface area contributed by atoms with Gasteiger partial charge in [-0.25, -0.2) is 4.68 Å². The molecule has 0 aliphatic rings. The number of halogens is 6. The number of carbonyl (C=O) groups is 1. The topological polar surface area (TPSA) is 65.4 Å². The Labute approximate surface area is 189 Å². The average molecular weight is 490 g/mol. The van der Waals surface area contributed by atoms with E-state index in [2.05, 4.69) is 15.2 Å². The monoisotopic (exact) mass is 489 g/mol. The van der Waals surface area contributed by atoms with E-state index in [-0.39, 0.29) is 30.2 Å². The lowest BCUT2D eigenvalue weighted by Gasteiger charge is -2.13. The molecule has 0 aliphatic carbocycles. The largest absolute Gasteiger partial charge is 0.493 e. The summed E-state index contributed by atoms with van der Waals surface area (Å²) >= 11 is 5.78. The SMILES string of the molecule is COc1ccc(CCNC(=O)c2cnn(-c3ccc(Cl)cc3)c2C(F)(F)F)cc1OC(F)F. The maximum Gasteiger partial charge on any atom is 0.434 e. The molecule has 0 saturated heterocycles. The number of rotatable bonds is 8. The summed E-state index contributed by atoms with van der Waals surface area (Å²) in [5, 5.41) is 6.44. The van der Waals surface area contributed by atoms with Gasteiger partial charge in [-0.1, -0.05) is 17.7 Å². The first-order valence-electron chi connectivity index (χ1n) is 9.41. The van der Waals surface area contributed by atoms with E-state index >= 15 is 0 Å². The first kappa shape index (κ1) is 24.3. The number of nitrogens with zero attached hydrogens (tertiary/aromatic N) is 2. The van der Waals surface area contributed by atoms with E-state index in [9.17, 15) is 26.7 Å². The molecule has 0 spiro atoms. The highest BCUT2D eigenvalue weighted by Gasteiger charge is 2.40. The second kappa shape index (κ2) is 10.1. The van der Waals surface area contributed by atoms with Crippen molar-refractivity contribution in [3.05, 3.63) is 70.5 Å². The van der Waals surface area contributed by atoms with Crippen LogP contribution >= 0.6 is 11.6 Å². The smallest absolute Gasteiger partial charge is 0.434 e. The number of methoxy groups -OCH3 is 1. The summed E-state index contributed by atoms with van der Waals surface area (Å²) in [6.45, 7) is -3.13. The van der Waals surface area contributed by atoms with Gasteiger partial charge in [0.05, 0.1) is 24.6 Å². The van der Waals surface area contributed by atoms with E-state index in [1.807, 2.05) is 0 Å². The third-order valence-corrected chi connectivity index (χ3v) is 4.75. The van der Waals surface area contributed by atoms with Crippen LogP contribution in [0.1, 0.15) is 21.6 Å². The number of alkyl halides is 5. The van der Waals surface area contributed by atoms with Gasteiger partial charge in [0.15, 0.2) is 17.2 Å². The minimum absolute atomic E-state index is 0.0668. The Morgan fingerprint density at radius 1 is 1.15 bits per heavy atom. The van der Waals surface area contributed by atoms with E-state index < -0.39 is 30.0 Å². The number of benzene rings is 2. The highest BCUT2D eigenvalue weighted by Crippen LogP contribution is 2.34. The maximum absolute atomic E-state index is 13.7. The highest BCUT2D eigenvalue weighted by molar-refractivity contribution is 6.30. The van der Waals surface area contributed by atoms with E-state index in [1.54, 1.807) is 6.07 Å². The highest BCUT2D eigenvalue weighted by atomic mass is 35.5. The molecule has 0 atom stereocenters. The predicted octanol–water partition coefficient (Wildman–Crippen LogP) is 5.13. The van der Waals surface area contributed by atoms with Crippen molar-refractivity contribution in [3.8, 4) is 17.2 Å². The zero-order valence-electron chi connectivity index (χ0n) is 17.0. The van der Waals surface area contributed by atoms with Gasteiger partial charge in [-0.05, 0) is 48.4 Å². The van der Waals surface area contributed by atoms with Crippen LogP contribution in [0.3, 0.4) is 0 Å². The van der Waals surface area contributed by atoms with Crippen LogP contribution in [0.25, 0.3) is 5.69 Å². The molecule has 0 aliphatic heterocycles. The molecule has 176 valence electrons. The molecule has 1 aromatic heterocycles. The third kappa shape index (κ3) is 5.92. The molecule has 3 aromatic rings. The number of nitrogens with one attached hydrogen (secondary N) is 1. The molecule has 0 saturated carbocycles. The number of carbonyl (C=O) groups excluding carboxylic acids is 1. The predicted molar refractivity (Wildman–Crippen MR) is 109 cm³/mol. The Morgan fingerprint density at radius 3 is 2.45 bits per heavy atom. The number of hydrogen-bond acceptors (Lipinski definition) is 4. The summed E-state index contributed by atoms with van der Waals surface area (Å²) in [7, 11) is 1.29.